The van der Waals surface area contributed by atoms with Crippen molar-refractivity contribution in [2.45, 2.75) is 0 Å². The number of hydrogen-bond donors (Lipinski definition) is 1. The summed E-state index contributed by atoms with van der Waals surface area (Å²) in [5.74, 6) is 0. The van der Waals surface area contributed by atoms with Gasteiger partial charge in [0.05, 0.1) is 27.4 Å². The fourth-order valence-electron chi connectivity index (χ4n) is 2.06. The van der Waals surface area contributed by atoms with Gasteiger partial charge in [-0.2, -0.15) is 5.26 Å². The van der Waals surface area contributed by atoms with Gasteiger partial charge in [-0.1, -0.05) is 39.5 Å². The lowest BCUT2D eigenvalue weighted by Crippen LogP contribution is -2.11. The second-order valence-electron chi connectivity index (χ2n) is 4.83. The normalized spacial score (nSPS) is 10.2. The highest BCUT2D eigenvalue weighted by atomic mass is 35.5. The van der Waals surface area contributed by atoms with Crippen molar-refractivity contribution in [2.24, 2.45) is 0 Å². The molecule has 8 heteroatoms. The summed E-state index contributed by atoms with van der Waals surface area (Å²) >= 11 is 12.4. The third-order valence-corrected chi connectivity index (χ3v) is 3.85. The van der Waals surface area contributed by atoms with E-state index in [2.05, 4.69) is 21.6 Å². The molecule has 0 atom stereocenters. The molecule has 0 aliphatic heterocycles. The lowest BCUT2D eigenvalue weighted by Gasteiger charge is -2.16. The van der Waals surface area contributed by atoms with Crippen molar-refractivity contribution in [3.05, 3.63) is 58.1 Å². The lowest BCUT2D eigenvalue weighted by molar-refractivity contribution is 0.574. The van der Waals surface area contributed by atoms with E-state index in [1.165, 1.54) is 0 Å². The van der Waals surface area contributed by atoms with Crippen LogP contribution in [0.5, 0.6) is 0 Å². The number of nitrogens with one attached hydrogen (secondary N) is 1. The van der Waals surface area contributed by atoms with Crippen molar-refractivity contribution in [2.75, 3.05) is 17.3 Å². The van der Waals surface area contributed by atoms with Crippen LogP contribution < -0.4 is 10.2 Å². The Hall–Kier alpha value is -2.75. The zero-order valence-corrected chi connectivity index (χ0v) is 14.0. The van der Waals surface area contributed by atoms with Crippen LogP contribution in [0.25, 0.3) is 0 Å². The first-order valence-electron chi connectivity index (χ1n) is 6.87. The first kappa shape index (κ1) is 16.1. The van der Waals surface area contributed by atoms with E-state index in [1.54, 1.807) is 54.4 Å². The third kappa shape index (κ3) is 3.27. The van der Waals surface area contributed by atoms with Gasteiger partial charge in [0.2, 0.25) is 0 Å². The molecule has 0 radical (unpaired) electrons. The quantitative estimate of drug-likeness (QED) is 0.723. The summed E-state index contributed by atoms with van der Waals surface area (Å²) in [6.07, 6.45) is 0. The van der Waals surface area contributed by atoms with E-state index in [0.29, 0.717) is 21.3 Å². The Kier molecular flexibility index (Phi) is 4.56. The Morgan fingerprint density at radius 2 is 1.75 bits per heavy atom. The van der Waals surface area contributed by atoms with E-state index in [0.717, 1.165) is 5.69 Å². The Labute approximate surface area is 148 Å². The number of halogens is 2. The summed E-state index contributed by atoms with van der Waals surface area (Å²) in [7, 11) is 1.73. The second kappa shape index (κ2) is 6.79. The summed E-state index contributed by atoms with van der Waals surface area (Å²) in [6, 6.07) is 14.6. The standard InChI is InChI=1S/C16H11Cl2N5O/c1-23(14-12(17)3-2-4-13(14)18)16-22-21-15(24-16)20-11-7-5-10(9-19)6-8-11/h2-8H,1H3,(H,20,21). The predicted molar refractivity (Wildman–Crippen MR) is 93.3 cm³/mol. The number of nitriles is 1. The second-order valence-corrected chi connectivity index (χ2v) is 5.65. The average Bonchev–Trinajstić information content (AvgIpc) is 3.04. The van der Waals surface area contributed by atoms with Gasteiger partial charge in [0.25, 0.3) is 0 Å². The van der Waals surface area contributed by atoms with Crippen molar-refractivity contribution in [1.82, 2.24) is 10.2 Å². The molecule has 0 aliphatic carbocycles. The molecule has 3 aromatic rings. The highest BCUT2D eigenvalue weighted by molar-refractivity contribution is 6.39. The van der Waals surface area contributed by atoms with Crippen molar-refractivity contribution >= 4 is 46.6 Å². The molecule has 120 valence electrons. The van der Waals surface area contributed by atoms with Crippen LogP contribution in [0.3, 0.4) is 0 Å². The first-order valence-corrected chi connectivity index (χ1v) is 7.62. The van der Waals surface area contributed by atoms with Gasteiger partial charge >= 0.3 is 12.0 Å². The Morgan fingerprint density at radius 3 is 2.38 bits per heavy atom. The Bertz CT molecular complexity index is 881. The van der Waals surface area contributed by atoms with Gasteiger partial charge in [0, 0.05) is 12.7 Å². The van der Waals surface area contributed by atoms with Crippen LogP contribution in [0.15, 0.2) is 46.9 Å². The molecule has 0 bridgehead atoms. The Morgan fingerprint density at radius 1 is 1.08 bits per heavy atom. The highest BCUT2D eigenvalue weighted by Crippen LogP contribution is 2.36. The van der Waals surface area contributed by atoms with Gasteiger partial charge in [-0.25, -0.2) is 0 Å². The van der Waals surface area contributed by atoms with Crippen molar-refractivity contribution in [3.63, 3.8) is 0 Å². The van der Waals surface area contributed by atoms with Gasteiger partial charge < -0.3 is 9.73 Å². The molecule has 1 heterocycles. The van der Waals surface area contributed by atoms with Crippen LogP contribution in [-0.2, 0) is 0 Å². The number of hydrogen-bond acceptors (Lipinski definition) is 6. The van der Waals surface area contributed by atoms with Crippen molar-refractivity contribution in [3.8, 4) is 6.07 Å². The maximum Gasteiger partial charge on any atom is 0.323 e. The number of para-hydroxylation sites is 1. The molecule has 1 aromatic heterocycles. The minimum Gasteiger partial charge on any atom is -0.389 e. The molecule has 0 fully saturated rings. The third-order valence-electron chi connectivity index (χ3n) is 3.24. The van der Waals surface area contributed by atoms with Crippen LogP contribution in [-0.4, -0.2) is 17.2 Å². The topological polar surface area (TPSA) is 78.0 Å². The molecule has 0 saturated heterocycles. The van der Waals surface area contributed by atoms with Crippen LogP contribution in [0.2, 0.25) is 10.0 Å². The molecule has 0 unspecified atom stereocenters. The molecule has 0 saturated carbocycles. The summed E-state index contributed by atoms with van der Waals surface area (Å²) < 4.78 is 5.58. The van der Waals surface area contributed by atoms with Gasteiger partial charge in [-0.3, -0.25) is 4.90 Å². The van der Waals surface area contributed by atoms with Gasteiger partial charge in [-0.15, -0.1) is 0 Å². The molecule has 6 nitrogen and oxygen atoms in total. The number of aromatic nitrogens is 2. The van der Waals surface area contributed by atoms with Crippen molar-refractivity contribution in [1.29, 1.82) is 5.26 Å². The van der Waals surface area contributed by atoms with Crippen LogP contribution in [0, 0.1) is 11.3 Å². The zero-order chi connectivity index (χ0) is 17.1. The molecule has 3 rings (SSSR count). The summed E-state index contributed by atoms with van der Waals surface area (Å²) in [6.45, 7) is 0. The fraction of sp³-hybridized carbons (Fsp3) is 0.0625. The summed E-state index contributed by atoms with van der Waals surface area (Å²) in [5, 5.41) is 20.6. The minimum atomic E-state index is 0.213. The lowest BCUT2D eigenvalue weighted by atomic mass is 10.2. The van der Waals surface area contributed by atoms with E-state index >= 15 is 0 Å². The van der Waals surface area contributed by atoms with E-state index < -0.39 is 0 Å². The smallest absolute Gasteiger partial charge is 0.323 e. The highest BCUT2D eigenvalue weighted by Gasteiger charge is 2.17. The molecule has 0 amide bonds. The first-order chi connectivity index (χ1) is 11.6. The van der Waals surface area contributed by atoms with E-state index in [4.69, 9.17) is 32.9 Å². The summed E-state index contributed by atoms with van der Waals surface area (Å²) in [5.41, 5.74) is 1.87. The zero-order valence-electron chi connectivity index (χ0n) is 12.5. The maximum absolute atomic E-state index is 8.80. The van der Waals surface area contributed by atoms with Crippen LogP contribution >= 0.6 is 23.2 Å². The largest absolute Gasteiger partial charge is 0.389 e. The SMILES string of the molecule is CN(c1nnc(Nc2ccc(C#N)cc2)o1)c1c(Cl)cccc1Cl. The summed E-state index contributed by atoms with van der Waals surface area (Å²) in [4.78, 5) is 1.61. The average molecular weight is 360 g/mol. The van der Waals surface area contributed by atoms with Gasteiger partial charge in [-0.05, 0) is 36.4 Å². The van der Waals surface area contributed by atoms with E-state index in [1.807, 2.05) is 0 Å². The molecule has 1 N–H and O–H groups in total. The fourth-order valence-corrected chi connectivity index (χ4v) is 2.71. The van der Waals surface area contributed by atoms with E-state index in [-0.39, 0.29) is 12.0 Å². The monoisotopic (exact) mass is 359 g/mol. The maximum atomic E-state index is 8.80. The number of rotatable bonds is 4. The molecule has 0 spiro atoms. The molecule has 24 heavy (non-hydrogen) atoms. The molecular weight excluding hydrogens is 349 g/mol. The van der Waals surface area contributed by atoms with Crippen molar-refractivity contribution < 1.29 is 4.42 Å². The number of nitrogens with zero attached hydrogens (tertiary/aromatic N) is 4. The molecular formula is C16H11Cl2N5O. The number of anilines is 4. The van der Waals surface area contributed by atoms with Gasteiger partial charge in [0.1, 0.15) is 0 Å². The van der Waals surface area contributed by atoms with E-state index in [9.17, 15) is 0 Å². The Balaban J connectivity index is 1.81. The predicted octanol–water partition coefficient (Wildman–Crippen LogP) is 4.76. The van der Waals surface area contributed by atoms with Gasteiger partial charge in [0.15, 0.2) is 0 Å². The van der Waals surface area contributed by atoms with Crippen LogP contribution in [0.1, 0.15) is 5.56 Å². The molecule has 0 aliphatic rings. The minimum absolute atomic E-state index is 0.213. The molecule has 2 aromatic carbocycles. The van der Waals surface area contributed by atoms with Crippen LogP contribution in [0.4, 0.5) is 23.4 Å². The number of benzene rings is 2.